The first-order valence-corrected chi connectivity index (χ1v) is 7.40. The number of para-hydroxylation sites is 1. The van der Waals surface area contributed by atoms with Gasteiger partial charge in [0.05, 0.1) is 5.56 Å². The van der Waals surface area contributed by atoms with Crippen molar-refractivity contribution in [2.24, 2.45) is 0 Å². The maximum absolute atomic E-state index is 12.9. The van der Waals surface area contributed by atoms with Crippen molar-refractivity contribution in [1.29, 1.82) is 0 Å². The van der Waals surface area contributed by atoms with Crippen LogP contribution in [0.25, 0.3) is 0 Å². The molecule has 0 radical (unpaired) electrons. The number of nitrogens with one attached hydrogen (secondary N) is 1. The average molecular weight is 301 g/mol. The number of carbonyl (C=O) groups is 1. The molecule has 0 saturated heterocycles. The third kappa shape index (κ3) is 2.28. The van der Waals surface area contributed by atoms with Crippen LogP contribution in [0.15, 0.2) is 48.5 Å². The molecule has 1 amide bonds. The average Bonchev–Trinajstić information content (AvgIpc) is 2.49. The molecule has 2 aromatic carbocycles. The lowest BCUT2D eigenvalue weighted by Gasteiger charge is -2.46. The normalized spacial score (nSPS) is 20.9. The van der Waals surface area contributed by atoms with Crippen molar-refractivity contribution < 1.29 is 4.79 Å². The van der Waals surface area contributed by atoms with Crippen molar-refractivity contribution in [3.8, 4) is 0 Å². The highest BCUT2D eigenvalue weighted by molar-refractivity contribution is 6.30. The van der Waals surface area contributed by atoms with Gasteiger partial charge in [-0.2, -0.15) is 0 Å². The van der Waals surface area contributed by atoms with Crippen molar-refractivity contribution in [2.45, 2.75) is 25.9 Å². The summed E-state index contributed by atoms with van der Waals surface area (Å²) < 4.78 is 0. The third-order valence-electron chi connectivity index (χ3n) is 4.03. The van der Waals surface area contributed by atoms with Crippen LogP contribution in [0.3, 0.4) is 0 Å². The number of nitrogens with zero attached hydrogens (tertiary/aromatic N) is 1. The fourth-order valence-corrected chi connectivity index (χ4v) is 2.83. The minimum absolute atomic E-state index is 0.0102. The molecule has 1 atom stereocenters. The van der Waals surface area contributed by atoms with Gasteiger partial charge >= 0.3 is 0 Å². The lowest BCUT2D eigenvalue weighted by atomic mass is 9.97. The van der Waals surface area contributed by atoms with E-state index in [-0.39, 0.29) is 5.91 Å². The van der Waals surface area contributed by atoms with E-state index in [9.17, 15) is 4.79 Å². The molecule has 0 bridgehead atoms. The molecule has 0 spiro atoms. The summed E-state index contributed by atoms with van der Waals surface area (Å²) in [6.07, 6.45) is 0.787. The Bertz CT molecular complexity index is 683. The second-order valence-electron chi connectivity index (χ2n) is 5.41. The minimum atomic E-state index is -0.459. The number of anilines is 2. The van der Waals surface area contributed by atoms with E-state index < -0.39 is 5.66 Å². The highest BCUT2D eigenvalue weighted by Crippen LogP contribution is 2.36. The van der Waals surface area contributed by atoms with Crippen LogP contribution in [0.1, 0.15) is 30.6 Å². The second-order valence-corrected chi connectivity index (χ2v) is 5.85. The molecule has 0 aromatic heterocycles. The number of carbonyl (C=O) groups excluding carboxylic acids is 1. The van der Waals surface area contributed by atoms with Crippen molar-refractivity contribution in [2.75, 3.05) is 10.2 Å². The van der Waals surface area contributed by atoms with Gasteiger partial charge in [0.2, 0.25) is 0 Å². The molecule has 1 unspecified atom stereocenters. The summed E-state index contributed by atoms with van der Waals surface area (Å²) in [6.45, 7) is 4.10. The molecule has 0 fully saturated rings. The number of fused-ring (bicyclic) bond motifs is 1. The zero-order valence-electron chi connectivity index (χ0n) is 12.1. The highest BCUT2D eigenvalue weighted by Gasteiger charge is 2.40. The van der Waals surface area contributed by atoms with Gasteiger partial charge in [0.15, 0.2) is 0 Å². The molecule has 0 saturated carbocycles. The van der Waals surface area contributed by atoms with Crippen molar-refractivity contribution >= 4 is 28.9 Å². The van der Waals surface area contributed by atoms with Crippen molar-refractivity contribution in [3.63, 3.8) is 0 Å². The smallest absolute Gasteiger partial charge is 0.262 e. The van der Waals surface area contributed by atoms with E-state index in [0.717, 1.165) is 17.8 Å². The Labute approximate surface area is 129 Å². The molecule has 1 aliphatic rings. The Morgan fingerprint density at radius 1 is 1.14 bits per heavy atom. The topological polar surface area (TPSA) is 32.3 Å². The molecule has 0 aliphatic carbocycles. The van der Waals surface area contributed by atoms with E-state index in [0.29, 0.717) is 10.6 Å². The highest BCUT2D eigenvalue weighted by atomic mass is 35.5. The lowest BCUT2D eigenvalue weighted by molar-refractivity contribution is 0.0956. The Hall–Kier alpha value is -2.00. The Kier molecular flexibility index (Phi) is 3.38. The number of benzene rings is 2. The van der Waals surface area contributed by atoms with Gasteiger partial charge in [-0.15, -0.1) is 0 Å². The molecular formula is C17H17ClN2O. The van der Waals surface area contributed by atoms with E-state index in [2.05, 4.69) is 12.2 Å². The van der Waals surface area contributed by atoms with Crippen LogP contribution < -0.4 is 10.2 Å². The van der Waals surface area contributed by atoms with Crippen LogP contribution in [0.5, 0.6) is 0 Å². The quantitative estimate of drug-likeness (QED) is 0.883. The van der Waals surface area contributed by atoms with Gasteiger partial charge < -0.3 is 5.32 Å². The van der Waals surface area contributed by atoms with Gasteiger partial charge in [-0.25, -0.2) is 0 Å². The monoisotopic (exact) mass is 300 g/mol. The van der Waals surface area contributed by atoms with Gasteiger partial charge in [-0.3, -0.25) is 9.69 Å². The third-order valence-corrected chi connectivity index (χ3v) is 4.28. The molecular weight excluding hydrogens is 284 g/mol. The van der Waals surface area contributed by atoms with Crippen LogP contribution in [0.4, 0.5) is 11.4 Å². The first kappa shape index (κ1) is 14.0. The zero-order chi connectivity index (χ0) is 15.0. The fourth-order valence-electron chi connectivity index (χ4n) is 2.71. The number of rotatable bonds is 2. The first-order chi connectivity index (χ1) is 10.0. The maximum atomic E-state index is 12.9. The molecule has 3 rings (SSSR count). The second kappa shape index (κ2) is 5.08. The van der Waals surface area contributed by atoms with Crippen LogP contribution >= 0.6 is 11.6 Å². The summed E-state index contributed by atoms with van der Waals surface area (Å²) >= 11 is 5.95. The van der Waals surface area contributed by atoms with Gasteiger partial charge in [0, 0.05) is 16.4 Å². The van der Waals surface area contributed by atoms with E-state index in [1.54, 1.807) is 12.1 Å². The van der Waals surface area contributed by atoms with Gasteiger partial charge in [-0.05, 0) is 49.7 Å². The minimum Gasteiger partial charge on any atom is -0.362 e. The maximum Gasteiger partial charge on any atom is 0.262 e. The lowest BCUT2D eigenvalue weighted by Crippen LogP contribution is -2.58. The number of amides is 1. The summed E-state index contributed by atoms with van der Waals surface area (Å²) in [6, 6.07) is 15.0. The van der Waals surface area contributed by atoms with Gasteiger partial charge in [0.25, 0.3) is 5.91 Å². The molecule has 108 valence electrons. The molecule has 1 N–H and O–H groups in total. The number of hydrogen-bond donors (Lipinski definition) is 1. The van der Waals surface area contributed by atoms with Crippen LogP contribution in [0.2, 0.25) is 5.02 Å². The molecule has 4 heteroatoms. The zero-order valence-corrected chi connectivity index (χ0v) is 12.8. The Morgan fingerprint density at radius 3 is 2.48 bits per heavy atom. The fraction of sp³-hybridized carbons (Fsp3) is 0.235. The van der Waals surface area contributed by atoms with E-state index in [1.165, 1.54) is 0 Å². The van der Waals surface area contributed by atoms with Crippen molar-refractivity contribution in [1.82, 2.24) is 0 Å². The summed E-state index contributed by atoms with van der Waals surface area (Å²) in [4.78, 5) is 14.7. The number of halogens is 1. The standard InChI is InChI=1S/C17H17ClN2O/c1-3-17(2)19-15-7-5-4-6-14(15)16(21)20(17)13-10-8-12(18)9-11-13/h4-11,19H,3H2,1-2H3. The predicted molar refractivity (Wildman–Crippen MR) is 87.0 cm³/mol. The summed E-state index contributed by atoms with van der Waals surface area (Å²) in [5.41, 5.74) is 1.96. The molecule has 1 aliphatic heterocycles. The molecule has 21 heavy (non-hydrogen) atoms. The largest absolute Gasteiger partial charge is 0.362 e. The van der Waals surface area contributed by atoms with Crippen LogP contribution in [-0.2, 0) is 0 Å². The molecule has 3 nitrogen and oxygen atoms in total. The first-order valence-electron chi connectivity index (χ1n) is 7.02. The van der Waals surface area contributed by atoms with Gasteiger partial charge in [0.1, 0.15) is 5.66 Å². The van der Waals surface area contributed by atoms with Crippen molar-refractivity contribution in [3.05, 3.63) is 59.1 Å². The summed E-state index contributed by atoms with van der Waals surface area (Å²) in [5.74, 6) is 0.0102. The summed E-state index contributed by atoms with van der Waals surface area (Å²) in [7, 11) is 0. The SMILES string of the molecule is CCC1(C)Nc2ccccc2C(=O)N1c1ccc(Cl)cc1. The van der Waals surface area contributed by atoms with E-state index in [4.69, 9.17) is 11.6 Å². The van der Waals surface area contributed by atoms with Gasteiger partial charge in [-0.1, -0.05) is 30.7 Å². The van der Waals surface area contributed by atoms with E-state index >= 15 is 0 Å². The molecule has 2 aromatic rings. The molecule has 1 heterocycles. The number of hydrogen-bond acceptors (Lipinski definition) is 2. The summed E-state index contributed by atoms with van der Waals surface area (Å²) in [5, 5.41) is 4.15. The van der Waals surface area contributed by atoms with Crippen LogP contribution in [0, 0.1) is 0 Å². The van der Waals surface area contributed by atoms with E-state index in [1.807, 2.05) is 48.2 Å². The predicted octanol–water partition coefficient (Wildman–Crippen LogP) is 4.54. The Balaban J connectivity index is 2.13. The Morgan fingerprint density at radius 2 is 1.81 bits per heavy atom. The van der Waals surface area contributed by atoms with Crippen LogP contribution in [-0.4, -0.2) is 11.6 Å².